The third-order valence-corrected chi connectivity index (χ3v) is 3.22. The molecule has 0 bridgehead atoms. The first-order valence-electron chi connectivity index (χ1n) is 5.96. The summed E-state index contributed by atoms with van der Waals surface area (Å²) in [6.45, 7) is 0.957. The van der Waals surface area contributed by atoms with E-state index in [-0.39, 0.29) is 13.0 Å². The highest BCUT2D eigenvalue weighted by Gasteiger charge is 2.08. The summed E-state index contributed by atoms with van der Waals surface area (Å²) in [4.78, 5) is 10.4. The molecule has 0 fully saturated rings. The molecule has 19 heavy (non-hydrogen) atoms. The molecule has 6 heteroatoms. The lowest BCUT2D eigenvalue weighted by Crippen LogP contribution is -2.30. The van der Waals surface area contributed by atoms with Crippen LogP contribution >= 0.6 is 15.9 Å². The molecule has 0 aliphatic heterocycles. The van der Waals surface area contributed by atoms with Crippen molar-refractivity contribution in [3.05, 3.63) is 28.2 Å². The van der Waals surface area contributed by atoms with E-state index in [4.69, 9.17) is 9.84 Å². The Morgan fingerprint density at radius 2 is 2.26 bits per heavy atom. The average molecular weight is 332 g/mol. The van der Waals surface area contributed by atoms with Crippen LogP contribution in [0.5, 0.6) is 5.75 Å². The summed E-state index contributed by atoms with van der Waals surface area (Å²) in [7, 11) is 1.62. The second-order valence-electron chi connectivity index (χ2n) is 4.17. The SMILES string of the molecule is COc1ccc(CCNCC(O)CC(=O)O)cc1Br. The van der Waals surface area contributed by atoms with Crippen LogP contribution in [0.4, 0.5) is 0 Å². The lowest BCUT2D eigenvalue weighted by molar-refractivity contribution is -0.139. The lowest BCUT2D eigenvalue weighted by atomic mass is 10.1. The number of carboxylic acids is 1. The first-order chi connectivity index (χ1) is 9.02. The Labute approximate surface area is 120 Å². The van der Waals surface area contributed by atoms with Crippen molar-refractivity contribution < 1.29 is 19.7 Å². The second kappa shape index (κ2) is 8.14. The van der Waals surface area contributed by atoms with Gasteiger partial charge in [0.1, 0.15) is 5.75 Å². The molecule has 0 radical (unpaired) electrons. The first kappa shape index (κ1) is 15.9. The molecule has 0 saturated carbocycles. The van der Waals surface area contributed by atoms with E-state index in [0.29, 0.717) is 6.54 Å². The van der Waals surface area contributed by atoms with Crippen molar-refractivity contribution in [1.82, 2.24) is 5.32 Å². The third-order valence-electron chi connectivity index (χ3n) is 2.60. The molecule has 5 nitrogen and oxygen atoms in total. The molecule has 0 saturated heterocycles. The Morgan fingerprint density at radius 3 is 2.84 bits per heavy atom. The van der Waals surface area contributed by atoms with Crippen LogP contribution in [0.1, 0.15) is 12.0 Å². The number of halogens is 1. The summed E-state index contributed by atoms with van der Waals surface area (Å²) in [6, 6.07) is 5.84. The monoisotopic (exact) mass is 331 g/mol. The normalized spacial score (nSPS) is 12.2. The summed E-state index contributed by atoms with van der Waals surface area (Å²) in [5, 5.41) is 20.9. The van der Waals surface area contributed by atoms with E-state index in [0.717, 1.165) is 22.2 Å². The van der Waals surface area contributed by atoms with Crippen LogP contribution in [-0.4, -0.2) is 42.5 Å². The molecular formula is C13H18BrNO4. The van der Waals surface area contributed by atoms with Crippen LogP contribution in [0, 0.1) is 0 Å². The minimum atomic E-state index is -0.992. The number of carboxylic acid groups (broad SMARTS) is 1. The molecule has 3 N–H and O–H groups in total. The summed E-state index contributed by atoms with van der Waals surface area (Å²) in [5.74, 6) is -0.207. The average Bonchev–Trinajstić information content (AvgIpc) is 2.34. The number of aliphatic hydroxyl groups is 1. The Hall–Kier alpha value is -1.11. The van der Waals surface area contributed by atoms with Crippen molar-refractivity contribution in [2.45, 2.75) is 18.9 Å². The van der Waals surface area contributed by atoms with Gasteiger partial charge in [-0.2, -0.15) is 0 Å². The van der Waals surface area contributed by atoms with E-state index in [1.165, 1.54) is 0 Å². The molecular weight excluding hydrogens is 314 g/mol. The highest BCUT2D eigenvalue weighted by molar-refractivity contribution is 9.10. The number of carbonyl (C=O) groups is 1. The Balaban J connectivity index is 2.29. The van der Waals surface area contributed by atoms with E-state index >= 15 is 0 Å². The second-order valence-corrected chi connectivity index (χ2v) is 5.03. The fourth-order valence-electron chi connectivity index (χ4n) is 1.64. The van der Waals surface area contributed by atoms with Gasteiger partial charge in [0, 0.05) is 6.54 Å². The number of methoxy groups -OCH3 is 1. The van der Waals surface area contributed by atoms with Crippen molar-refractivity contribution in [1.29, 1.82) is 0 Å². The van der Waals surface area contributed by atoms with Crippen molar-refractivity contribution in [3.8, 4) is 5.75 Å². The van der Waals surface area contributed by atoms with Gasteiger partial charge >= 0.3 is 5.97 Å². The van der Waals surface area contributed by atoms with Crippen LogP contribution in [-0.2, 0) is 11.2 Å². The predicted molar refractivity (Wildman–Crippen MR) is 75.5 cm³/mol. The number of ether oxygens (including phenoxy) is 1. The van der Waals surface area contributed by atoms with E-state index in [1.54, 1.807) is 7.11 Å². The van der Waals surface area contributed by atoms with Gasteiger partial charge in [-0.15, -0.1) is 0 Å². The summed E-state index contributed by atoms with van der Waals surface area (Å²) < 4.78 is 6.04. The van der Waals surface area contributed by atoms with Crippen molar-refractivity contribution in [2.75, 3.05) is 20.2 Å². The van der Waals surface area contributed by atoms with Gasteiger partial charge in [0.15, 0.2) is 0 Å². The number of hydrogen-bond donors (Lipinski definition) is 3. The number of aliphatic carboxylic acids is 1. The molecule has 0 aliphatic rings. The molecule has 0 aromatic heterocycles. The van der Waals surface area contributed by atoms with Crippen LogP contribution < -0.4 is 10.1 Å². The Bertz CT molecular complexity index is 425. The van der Waals surface area contributed by atoms with Crippen LogP contribution in [0.15, 0.2) is 22.7 Å². The summed E-state index contributed by atoms with van der Waals surface area (Å²) in [6.07, 6.45) is -0.288. The third kappa shape index (κ3) is 6.04. The summed E-state index contributed by atoms with van der Waals surface area (Å²) in [5.41, 5.74) is 1.13. The predicted octanol–water partition coefficient (Wildman–Crippen LogP) is 1.43. The van der Waals surface area contributed by atoms with E-state index in [2.05, 4.69) is 21.2 Å². The molecule has 0 aliphatic carbocycles. The number of nitrogens with one attached hydrogen (secondary N) is 1. The topological polar surface area (TPSA) is 78.8 Å². The molecule has 1 atom stereocenters. The van der Waals surface area contributed by atoms with Gasteiger partial charge < -0.3 is 20.3 Å². The number of benzene rings is 1. The highest BCUT2D eigenvalue weighted by atomic mass is 79.9. The molecule has 0 heterocycles. The van der Waals surface area contributed by atoms with Gasteiger partial charge in [-0.1, -0.05) is 6.07 Å². The molecule has 106 valence electrons. The highest BCUT2D eigenvalue weighted by Crippen LogP contribution is 2.25. The number of rotatable bonds is 8. The van der Waals surface area contributed by atoms with Crippen molar-refractivity contribution in [2.24, 2.45) is 0 Å². The van der Waals surface area contributed by atoms with Crippen molar-refractivity contribution >= 4 is 21.9 Å². The van der Waals surface area contributed by atoms with Gasteiger partial charge in [-0.05, 0) is 46.6 Å². The Kier molecular flexibility index (Phi) is 6.83. The van der Waals surface area contributed by atoms with Gasteiger partial charge in [-0.25, -0.2) is 0 Å². The van der Waals surface area contributed by atoms with Gasteiger partial charge in [0.2, 0.25) is 0 Å². The Morgan fingerprint density at radius 1 is 1.53 bits per heavy atom. The molecule has 1 aromatic carbocycles. The molecule has 0 amide bonds. The zero-order chi connectivity index (χ0) is 14.3. The van der Waals surface area contributed by atoms with Crippen LogP contribution in [0.3, 0.4) is 0 Å². The van der Waals surface area contributed by atoms with Gasteiger partial charge in [-0.3, -0.25) is 4.79 Å². The lowest BCUT2D eigenvalue weighted by Gasteiger charge is -2.10. The van der Waals surface area contributed by atoms with Gasteiger partial charge in [0.25, 0.3) is 0 Å². The van der Waals surface area contributed by atoms with Crippen LogP contribution in [0.2, 0.25) is 0 Å². The standard InChI is InChI=1S/C13H18BrNO4/c1-19-12-3-2-9(6-11(12)14)4-5-15-8-10(16)7-13(17)18/h2-3,6,10,15-16H,4-5,7-8H2,1H3,(H,17,18). The molecule has 1 aromatic rings. The van der Waals surface area contributed by atoms with E-state index in [9.17, 15) is 9.90 Å². The zero-order valence-electron chi connectivity index (χ0n) is 10.7. The smallest absolute Gasteiger partial charge is 0.306 e. The maximum atomic E-state index is 10.4. The minimum Gasteiger partial charge on any atom is -0.496 e. The summed E-state index contributed by atoms with van der Waals surface area (Å²) >= 11 is 3.42. The molecule has 1 rings (SSSR count). The molecule has 0 spiro atoms. The molecule has 1 unspecified atom stereocenters. The first-order valence-corrected chi connectivity index (χ1v) is 6.75. The van der Waals surface area contributed by atoms with Gasteiger partial charge in [0.05, 0.1) is 24.1 Å². The maximum absolute atomic E-state index is 10.4. The number of aliphatic hydroxyl groups excluding tert-OH is 1. The van der Waals surface area contributed by atoms with Crippen LogP contribution in [0.25, 0.3) is 0 Å². The fraction of sp³-hybridized carbons (Fsp3) is 0.462. The van der Waals surface area contributed by atoms with Crippen molar-refractivity contribution in [3.63, 3.8) is 0 Å². The van der Waals surface area contributed by atoms with E-state index in [1.807, 2.05) is 18.2 Å². The quantitative estimate of drug-likeness (QED) is 0.628. The van der Waals surface area contributed by atoms with E-state index < -0.39 is 12.1 Å². The maximum Gasteiger partial charge on any atom is 0.306 e. The zero-order valence-corrected chi connectivity index (χ0v) is 12.3. The minimum absolute atomic E-state index is 0.235. The number of hydrogen-bond acceptors (Lipinski definition) is 4. The largest absolute Gasteiger partial charge is 0.496 e. The fourth-order valence-corrected chi connectivity index (χ4v) is 2.23.